The van der Waals surface area contributed by atoms with Crippen LogP contribution in [0.4, 0.5) is 0 Å². The molecule has 0 atom stereocenters. The number of halogens is 3. The molecule has 0 radical (unpaired) electrons. The third-order valence-electron chi connectivity index (χ3n) is 4.06. The summed E-state index contributed by atoms with van der Waals surface area (Å²) in [6.07, 6.45) is 1.82. The molecule has 1 aromatic heterocycles. The lowest BCUT2D eigenvalue weighted by Gasteiger charge is -2.13. The summed E-state index contributed by atoms with van der Waals surface area (Å²) in [6.45, 7) is 0. The average Bonchev–Trinajstić information content (AvgIpc) is 3.15. The molecule has 0 saturated carbocycles. The van der Waals surface area contributed by atoms with Crippen LogP contribution in [0.3, 0.4) is 0 Å². The van der Waals surface area contributed by atoms with Gasteiger partial charge in [0.05, 0.1) is 5.02 Å². The Kier molecular flexibility index (Phi) is 5.08. The molecule has 3 nitrogen and oxygen atoms in total. The fourth-order valence-electron chi connectivity index (χ4n) is 2.81. The third kappa shape index (κ3) is 3.67. The molecule has 27 heavy (non-hydrogen) atoms. The van der Waals surface area contributed by atoms with Crippen LogP contribution in [-0.2, 0) is 0 Å². The van der Waals surface area contributed by atoms with Gasteiger partial charge in [-0.2, -0.15) is 5.10 Å². The molecule has 3 aromatic carbocycles. The van der Waals surface area contributed by atoms with Gasteiger partial charge in [0, 0.05) is 39.0 Å². The van der Waals surface area contributed by atoms with Crippen LogP contribution in [0.15, 0.2) is 72.9 Å². The van der Waals surface area contributed by atoms with Gasteiger partial charge in [-0.15, -0.1) is 0 Å². The average molecular weight is 416 g/mol. The van der Waals surface area contributed by atoms with E-state index in [4.69, 9.17) is 39.5 Å². The van der Waals surface area contributed by atoms with Crippen LogP contribution in [0.2, 0.25) is 15.1 Å². The first-order chi connectivity index (χ1) is 13.1. The number of aromatic amines is 1. The number of benzene rings is 3. The van der Waals surface area contributed by atoms with Crippen molar-refractivity contribution >= 4 is 34.8 Å². The molecule has 0 amide bonds. The highest BCUT2D eigenvalue weighted by molar-refractivity contribution is 6.34. The second kappa shape index (κ2) is 7.65. The molecule has 0 saturated heterocycles. The van der Waals surface area contributed by atoms with E-state index in [2.05, 4.69) is 10.2 Å². The van der Waals surface area contributed by atoms with E-state index in [1.807, 2.05) is 54.7 Å². The van der Waals surface area contributed by atoms with Gasteiger partial charge in [0.25, 0.3) is 0 Å². The van der Waals surface area contributed by atoms with Gasteiger partial charge in [-0.25, -0.2) is 0 Å². The normalized spacial score (nSPS) is 10.8. The number of hydrogen-bond acceptors (Lipinski definition) is 2. The molecule has 134 valence electrons. The lowest BCUT2D eigenvalue weighted by molar-refractivity contribution is 0.484. The minimum atomic E-state index is 0.475. The van der Waals surface area contributed by atoms with Crippen molar-refractivity contribution in [3.05, 3.63) is 88.0 Å². The number of nitrogens with zero attached hydrogens (tertiary/aromatic N) is 1. The molecule has 0 aliphatic carbocycles. The zero-order chi connectivity index (χ0) is 18.8. The van der Waals surface area contributed by atoms with Gasteiger partial charge in [0.1, 0.15) is 17.2 Å². The van der Waals surface area contributed by atoms with Crippen molar-refractivity contribution in [2.24, 2.45) is 0 Å². The second-order valence-electron chi connectivity index (χ2n) is 5.80. The molecule has 0 bridgehead atoms. The molecule has 1 N–H and O–H groups in total. The Balaban J connectivity index is 1.80. The Morgan fingerprint density at radius 2 is 1.44 bits per heavy atom. The monoisotopic (exact) mass is 414 g/mol. The molecule has 4 aromatic rings. The molecule has 0 unspecified atom stereocenters. The summed E-state index contributed by atoms with van der Waals surface area (Å²) < 4.78 is 6.06. The Labute approximate surface area is 171 Å². The van der Waals surface area contributed by atoms with E-state index in [-0.39, 0.29) is 0 Å². The van der Waals surface area contributed by atoms with Crippen molar-refractivity contribution in [3.63, 3.8) is 0 Å². The van der Waals surface area contributed by atoms with Crippen LogP contribution >= 0.6 is 34.8 Å². The number of para-hydroxylation sites is 1. The van der Waals surface area contributed by atoms with E-state index in [1.165, 1.54) is 0 Å². The van der Waals surface area contributed by atoms with Crippen LogP contribution in [0, 0.1) is 0 Å². The quantitative estimate of drug-likeness (QED) is 0.375. The number of rotatable bonds is 4. The van der Waals surface area contributed by atoms with Gasteiger partial charge < -0.3 is 4.74 Å². The standard InChI is InChI=1S/C21H13Cl3N2O/c22-13-9-10-18(24)20(11-13)27-19-8-4-2-6-15(19)21-16(12-25-26-21)14-5-1-3-7-17(14)23/h1-12H,(H,25,26). The van der Waals surface area contributed by atoms with Crippen molar-refractivity contribution in [3.8, 4) is 33.9 Å². The molecular formula is C21H13Cl3N2O. The number of nitrogens with one attached hydrogen (secondary N) is 1. The summed E-state index contributed by atoms with van der Waals surface area (Å²) in [7, 11) is 0. The Bertz CT molecular complexity index is 1110. The second-order valence-corrected chi connectivity index (χ2v) is 7.05. The summed E-state index contributed by atoms with van der Waals surface area (Å²) in [5, 5.41) is 9.02. The van der Waals surface area contributed by atoms with Crippen LogP contribution in [0.1, 0.15) is 0 Å². The van der Waals surface area contributed by atoms with Crippen LogP contribution in [0.25, 0.3) is 22.4 Å². The van der Waals surface area contributed by atoms with Crippen molar-refractivity contribution in [2.45, 2.75) is 0 Å². The Morgan fingerprint density at radius 1 is 0.704 bits per heavy atom. The topological polar surface area (TPSA) is 37.9 Å². The van der Waals surface area contributed by atoms with E-state index in [1.54, 1.807) is 18.2 Å². The van der Waals surface area contributed by atoms with E-state index in [0.717, 1.165) is 22.4 Å². The van der Waals surface area contributed by atoms with Gasteiger partial charge in [0.15, 0.2) is 0 Å². The summed E-state index contributed by atoms with van der Waals surface area (Å²) in [6, 6.07) is 20.3. The summed E-state index contributed by atoms with van der Waals surface area (Å²) >= 11 is 18.7. The molecule has 1 heterocycles. The van der Waals surface area contributed by atoms with E-state index >= 15 is 0 Å². The molecular weight excluding hydrogens is 403 g/mol. The third-order valence-corrected chi connectivity index (χ3v) is 4.94. The van der Waals surface area contributed by atoms with Gasteiger partial charge in [-0.05, 0) is 30.3 Å². The highest BCUT2D eigenvalue weighted by Crippen LogP contribution is 2.41. The maximum atomic E-state index is 6.38. The van der Waals surface area contributed by atoms with Crippen molar-refractivity contribution in [2.75, 3.05) is 0 Å². The van der Waals surface area contributed by atoms with Crippen molar-refractivity contribution < 1.29 is 4.74 Å². The fraction of sp³-hybridized carbons (Fsp3) is 0. The first kappa shape index (κ1) is 17.9. The van der Waals surface area contributed by atoms with Gasteiger partial charge in [-0.1, -0.05) is 65.1 Å². The SMILES string of the molecule is Clc1ccc(Cl)c(Oc2ccccc2-c2n[nH]cc2-c2ccccc2Cl)c1. The Hall–Kier alpha value is -2.46. The largest absolute Gasteiger partial charge is 0.455 e. The molecule has 0 aliphatic heterocycles. The van der Waals surface area contributed by atoms with Crippen LogP contribution in [-0.4, -0.2) is 10.2 Å². The predicted octanol–water partition coefficient (Wildman–Crippen LogP) is 7.50. The minimum absolute atomic E-state index is 0.475. The summed E-state index contributed by atoms with van der Waals surface area (Å²) in [5.41, 5.74) is 3.31. The van der Waals surface area contributed by atoms with Gasteiger partial charge >= 0.3 is 0 Å². The lowest BCUT2D eigenvalue weighted by atomic mass is 10.0. The van der Waals surface area contributed by atoms with E-state index < -0.39 is 0 Å². The maximum absolute atomic E-state index is 6.38. The first-order valence-electron chi connectivity index (χ1n) is 8.14. The summed E-state index contributed by atoms with van der Waals surface area (Å²) in [4.78, 5) is 0. The lowest BCUT2D eigenvalue weighted by Crippen LogP contribution is -1.91. The minimum Gasteiger partial charge on any atom is -0.455 e. The van der Waals surface area contributed by atoms with E-state index in [9.17, 15) is 0 Å². The van der Waals surface area contributed by atoms with Gasteiger partial charge in [-0.3, -0.25) is 5.10 Å². The first-order valence-corrected chi connectivity index (χ1v) is 9.28. The highest BCUT2D eigenvalue weighted by Gasteiger charge is 2.17. The van der Waals surface area contributed by atoms with Crippen molar-refractivity contribution in [1.29, 1.82) is 0 Å². The smallest absolute Gasteiger partial charge is 0.147 e. The maximum Gasteiger partial charge on any atom is 0.147 e. The molecule has 0 aliphatic rings. The zero-order valence-corrected chi connectivity index (χ0v) is 16.2. The number of hydrogen-bond donors (Lipinski definition) is 1. The molecule has 0 spiro atoms. The zero-order valence-electron chi connectivity index (χ0n) is 13.9. The number of ether oxygens (including phenoxy) is 1. The molecule has 0 fully saturated rings. The Morgan fingerprint density at radius 3 is 2.26 bits per heavy atom. The van der Waals surface area contributed by atoms with Crippen LogP contribution in [0.5, 0.6) is 11.5 Å². The van der Waals surface area contributed by atoms with Gasteiger partial charge in [0.2, 0.25) is 0 Å². The van der Waals surface area contributed by atoms with Crippen molar-refractivity contribution in [1.82, 2.24) is 10.2 Å². The summed E-state index contributed by atoms with van der Waals surface area (Å²) in [5.74, 6) is 1.09. The predicted molar refractivity (Wildman–Crippen MR) is 111 cm³/mol. The number of H-pyrrole nitrogens is 1. The van der Waals surface area contributed by atoms with E-state index in [0.29, 0.717) is 26.6 Å². The highest BCUT2D eigenvalue weighted by atomic mass is 35.5. The van der Waals surface area contributed by atoms with Crippen LogP contribution < -0.4 is 4.74 Å². The number of aromatic nitrogens is 2. The molecule has 4 rings (SSSR count). The fourth-order valence-corrected chi connectivity index (χ4v) is 3.36. The molecule has 6 heteroatoms.